The fourth-order valence-corrected chi connectivity index (χ4v) is 5.64. The third-order valence-electron chi connectivity index (χ3n) is 7.38. The highest BCUT2D eigenvalue weighted by Crippen LogP contribution is 2.56. The zero-order valence-corrected chi connectivity index (χ0v) is 18.6. The van der Waals surface area contributed by atoms with Crippen molar-refractivity contribution in [3.8, 4) is 0 Å². The predicted octanol–water partition coefficient (Wildman–Crippen LogP) is 3.13. The summed E-state index contributed by atoms with van der Waals surface area (Å²) in [7, 11) is 3.58. The van der Waals surface area contributed by atoms with Crippen molar-refractivity contribution in [1.82, 2.24) is 29.2 Å². The minimum atomic E-state index is 0.0364. The van der Waals surface area contributed by atoms with Crippen LogP contribution in [0.3, 0.4) is 0 Å². The average molecular weight is 436 g/mol. The van der Waals surface area contributed by atoms with Crippen LogP contribution in [-0.4, -0.2) is 61.4 Å². The number of hydrogen-bond acceptors (Lipinski definition) is 6. The summed E-state index contributed by atoms with van der Waals surface area (Å²) < 4.78 is 9.25. The summed E-state index contributed by atoms with van der Waals surface area (Å²) in [6.45, 7) is 1.35. The molecule has 2 saturated carbocycles. The summed E-state index contributed by atoms with van der Waals surface area (Å²) in [5, 5.41) is 8.85. The molecule has 1 N–H and O–H groups in total. The van der Waals surface area contributed by atoms with Crippen molar-refractivity contribution in [2.45, 2.75) is 44.2 Å². The number of nitrogens with one attached hydrogen (secondary N) is 1. The molecule has 0 radical (unpaired) electrons. The van der Waals surface area contributed by atoms with E-state index in [0.29, 0.717) is 24.3 Å². The maximum atomic E-state index is 13.2. The van der Waals surface area contributed by atoms with Gasteiger partial charge in [-0.3, -0.25) is 4.79 Å². The van der Waals surface area contributed by atoms with Crippen LogP contribution < -0.4 is 5.32 Å². The number of fused-ring (bicyclic) bond motifs is 2. The third-order valence-corrected chi connectivity index (χ3v) is 7.38. The molecule has 0 aromatic carbocycles. The summed E-state index contributed by atoms with van der Waals surface area (Å²) in [5.41, 5.74) is 2.32. The number of aryl methyl sites for hydroxylation is 1. The molecule has 9 heteroatoms. The summed E-state index contributed by atoms with van der Waals surface area (Å²) in [4.78, 5) is 24.3. The highest BCUT2D eigenvalue weighted by Gasteiger charge is 2.47. The summed E-state index contributed by atoms with van der Waals surface area (Å²) >= 11 is 0. The first-order chi connectivity index (χ1) is 15.6. The van der Waals surface area contributed by atoms with E-state index in [4.69, 9.17) is 9.72 Å². The highest BCUT2D eigenvalue weighted by atomic mass is 16.5. The lowest BCUT2D eigenvalue weighted by atomic mass is 10.2. The number of anilines is 2. The number of ether oxygens (including phenoxy) is 1. The maximum Gasteiger partial charge on any atom is 0.270 e. The quantitative estimate of drug-likeness (QED) is 0.640. The topological polar surface area (TPSA) is 90.1 Å². The predicted molar refractivity (Wildman–Crippen MR) is 120 cm³/mol. The minimum Gasteiger partial charge on any atom is -0.383 e. The molecule has 9 nitrogen and oxygen atoms in total. The van der Waals surface area contributed by atoms with Crippen LogP contribution in [0.15, 0.2) is 24.7 Å². The van der Waals surface area contributed by atoms with Gasteiger partial charge in [0.05, 0.1) is 36.0 Å². The van der Waals surface area contributed by atoms with Crippen LogP contribution in [0.1, 0.15) is 48.6 Å². The first-order valence-corrected chi connectivity index (χ1v) is 11.5. The molecule has 1 amide bonds. The molecule has 1 aliphatic heterocycles. The molecule has 3 aliphatic rings. The van der Waals surface area contributed by atoms with Crippen LogP contribution in [0.2, 0.25) is 0 Å². The lowest BCUT2D eigenvalue weighted by Gasteiger charge is -2.24. The molecule has 4 atom stereocenters. The Balaban J connectivity index is 1.22. The summed E-state index contributed by atoms with van der Waals surface area (Å²) in [6, 6.07) is 2.46. The van der Waals surface area contributed by atoms with Crippen molar-refractivity contribution in [2.75, 3.05) is 25.6 Å². The van der Waals surface area contributed by atoms with Crippen molar-refractivity contribution >= 4 is 28.6 Å². The van der Waals surface area contributed by atoms with Gasteiger partial charge < -0.3 is 19.5 Å². The molecule has 6 rings (SSSR count). The van der Waals surface area contributed by atoms with Gasteiger partial charge in [0.15, 0.2) is 5.65 Å². The number of methoxy groups -OCH3 is 1. The van der Waals surface area contributed by atoms with Crippen LogP contribution >= 0.6 is 0 Å². The fraction of sp³-hybridized carbons (Fsp3) is 0.565. The maximum absolute atomic E-state index is 13.2. The molecule has 3 aromatic heterocycles. The number of amides is 1. The van der Waals surface area contributed by atoms with Crippen LogP contribution in [0.25, 0.3) is 11.0 Å². The molecule has 1 unspecified atom stereocenters. The molecule has 4 heterocycles. The Labute approximate surface area is 186 Å². The van der Waals surface area contributed by atoms with Gasteiger partial charge in [0, 0.05) is 33.1 Å². The lowest BCUT2D eigenvalue weighted by Crippen LogP contribution is -2.38. The molecule has 0 bridgehead atoms. The van der Waals surface area contributed by atoms with Crippen molar-refractivity contribution in [3.05, 3.63) is 30.4 Å². The molecular formula is C23H29N7O2. The number of carbonyl (C=O) groups is 1. The van der Waals surface area contributed by atoms with E-state index in [9.17, 15) is 4.79 Å². The van der Waals surface area contributed by atoms with Gasteiger partial charge in [-0.15, -0.1) is 0 Å². The molecule has 32 heavy (non-hydrogen) atoms. The van der Waals surface area contributed by atoms with E-state index in [1.165, 1.54) is 19.3 Å². The molecule has 168 valence electrons. The van der Waals surface area contributed by atoms with E-state index < -0.39 is 0 Å². The van der Waals surface area contributed by atoms with Gasteiger partial charge in [0.1, 0.15) is 5.69 Å². The molecule has 3 fully saturated rings. The van der Waals surface area contributed by atoms with Crippen molar-refractivity contribution in [3.63, 3.8) is 0 Å². The normalized spacial score (nSPS) is 26.6. The molecule has 2 aliphatic carbocycles. The minimum absolute atomic E-state index is 0.0364. The monoisotopic (exact) mass is 435 g/mol. The number of hydrogen-bond donors (Lipinski definition) is 1. The standard InChI is InChI=1S/C23H29N7O2/c1-28-12-17(9-20(28)22(31)29-5-3-4-18(29)13-32-2)26-23-24-10-16-11-25-30(21(16)27-23)19-7-14-6-15(14)8-19/h9-12,14-15,18-19H,3-8,13H2,1-2H3,(H,24,26,27)/t14-,15+,18-,19?/m0/s1. The second-order valence-electron chi connectivity index (χ2n) is 9.54. The summed E-state index contributed by atoms with van der Waals surface area (Å²) in [6.07, 6.45) is 11.4. The number of carbonyl (C=O) groups excluding carboxylic acids is 1. The summed E-state index contributed by atoms with van der Waals surface area (Å²) in [5.74, 6) is 2.33. The Morgan fingerprint density at radius 1 is 1.25 bits per heavy atom. The Bertz CT molecular complexity index is 1160. The molecule has 0 spiro atoms. The lowest BCUT2D eigenvalue weighted by molar-refractivity contribution is 0.0621. The van der Waals surface area contributed by atoms with Gasteiger partial charge in [0.2, 0.25) is 5.95 Å². The van der Waals surface area contributed by atoms with Crippen LogP contribution in [0.5, 0.6) is 0 Å². The Hall–Kier alpha value is -2.94. The Morgan fingerprint density at radius 2 is 2.09 bits per heavy atom. The van der Waals surface area contributed by atoms with E-state index in [2.05, 4.69) is 20.1 Å². The van der Waals surface area contributed by atoms with Crippen molar-refractivity contribution in [2.24, 2.45) is 18.9 Å². The van der Waals surface area contributed by atoms with Crippen molar-refractivity contribution < 1.29 is 9.53 Å². The largest absolute Gasteiger partial charge is 0.383 e. The van der Waals surface area contributed by atoms with Crippen LogP contribution in [0.4, 0.5) is 11.6 Å². The van der Waals surface area contributed by atoms with E-state index in [1.807, 2.05) is 41.2 Å². The zero-order chi connectivity index (χ0) is 21.8. The van der Waals surface area contributed by atoms with Gasteiger partial charge in [-0.1, -0.05) is 0 Å². The second-order valence-corrected chi connectivity index (χ2v) is 9.54. The van der Waals surface area contributed by atoms with Crippen LogP contribution in [-0.2, 0) is 11.8 Å². The Kier molecular flexibility index (Phi) is 4.67. The molecule has 3 aromatic rings. The first-order valence-electron chi connectivity index (χ1n) is 11.5. The zero-order valence-electron chi connectivity index (χ0n) is 18.6. The van der Waals surface area contributed by atoms with Gasteiger partial charge in [-0.05, 0) is 50.0 Å². The average Bonchev–Trinajstić information content (AvgIpc) is 3.26. The fourth-order valence-electron chi connectivity index (χ4n) is 5.64. The van der Waals surface area contributed by atoms with Gasteiger partial charge in [-0.25, -0.2) is 9.67 Å². The van der Waals surface area contributed by atoms with Crippen molar-refractivity contribution in [1.29, 1.82) is 0 Å². The second kappa shape index (κ2) is 7.58. The SMILES string of the molecule is COC[C@@H]1CCCN1C(=O)c1cc(Nc2ncc3cnn(C4C[C@@H]5C[C@@H]5C4)c3n2)cn1C. The van der Waals surface area contributed by atoms with E-state index in [-0.39, 0.29) is 11.9 Å². The molecular weight excluding hydrogens is 406 g/mol. The highest BCUT2D eigenvalue weighted by molar-refractivity contribution is 5.94. The number of nitrogens with zero attached hydrogens (tertiary/aromatic N) is 6. The van der Waals surface area contributed by atoms with E-state index in [1.54, 1.807) is 7.11 Å². The smallest absolute Gasteiger partial charge is 0.270 e. The van der Waals surface area contributed by atoms with Crippen LogP contribution in [0, 0.1) is 11.8 Å². The first kappa shape index (κ1) is 19.7. The van der Waals surface area contributed by atoms with Gasteiger partial charge in [-0.2, -0.15) is 10.1 Å². The third kappa shape index (κ3) is 3.35. The molecule has 1 saturated heterocycles. The number of likely N-dealkylation sites (tertiary alicyclic amines) is 1. The van der Waals surface area contributed by atoms with Gasteiger partial charge in [0.25, 0.3) is 5.91 Å². The van der Waals surface area contributed by atoms with E-state index in [0.717, 1.165) is 47.9 Å². The Morgan fingerprint density at radius 3 is 2.91 bits per heavy atom. The number of rotatable bonds is 6. The number of aromatic nitrogens is 5. The van der Waals surface area contributed by atoms with Gasteiger partial charge >= 0.3 is 0 Å². The van der Waals surface area contributed by atoms with E-state index >= 15 is 0 Å².